The maximum absolute atomic E-state index is 13.2. The normalized spacial score (nSPS) is 18.3. The lowest BCUT2D eigenvalue weighted by Crippen LogP contribution is -2.54. The summed E-state index contributed by atoms with van der Waals surface area (Å²) in [6.45, 7) is 4.03. The third-order valence-corrected chi connectivity index (χ3v) is 9.90. The van der Waals surface area contributed by atoms with E-state index in [-0.39, 0.29) is 35.6 Å². The minimum absolute atomic E-state index is 0.0269. The average molecular weight is 711 g/mol. The van der Waals surface area contributed by atoms with Crippen LogP contribution in [0.5, 0.6) is 0 Å². The number of nitrogens with zero attached hydrogens (tertiary/aromatic N) is 4. The highest BCUT2D eigenvalue weighted by Crippen LogP contribution is 2.35. The Balaban J connectivity index is 1.09. The molecule has 6 rings (SSSR count). The zero-order valence-corrected chi connectivity index (χ0v) is 27.6. The second-order valence-corrected chi connectivity index (χ2v) is 14.7. The molecule has 1 aromatic heterocycles. The van der Waals surface area contributed by atoms with Crippen LogP contribution in [0.25, 0.3) is 0 Å². The van der Waals surface area contributed by atoms with E-state index in [4.69, 9.17) is 0 Å². The molecule has 3 aromatic rings. The molecule has 2 saturated heterocycles. The van der Waals surface area contributed by atoms with Crippen LogP contribution in [-0.4, -0.2) is 78.0 Å². The maximum Gasteiger partial charge on any atom is 0.416 e. The van der Waals surface area contributed by atoms with Gasteiger partial charge in [0.1, 0.15) is 11.6 Å². The maximum atomic E-state index is 13.2. The van der Waals surface area contributed by atoms with Crippen molar-refractivity contribution in [1.29, 1.82) is 0 Å². The lowest BCUT2D eigenvalue weighted by molar-refractivity contribution is -0.138. The summed E-state index contributed by atoms with van der Waals surface area (Å²) < 4.78 is 65.4. The number of amides is 5. The Morgan fingerprint density at radius 2 is 1.72 bits per heavy atom. The van der Waals surface area contributed by atoms with Gasteiger partial charge in [-0.3, -0.25) is 38.9 Å². The highest BCUT2D eigenvalue weighted by atomic mass is 32.2. The van der Waals surface area contributed by atoms with Gasteiger partial charge >= 0.3 is 6.18 Å². The number of sulfone groups is 1. The van der Waals surface area contributed by atoms with Crippen molar-refractivity contribution in [1.82, 2.24) is 20.0 Å². The van der Waals surface area contributed by atoms with Crippen LogP contribution in [0, 0.1) is 17.8 Å². The van der Waals surface area contributed by atoms with Gasteiger partial charge in [-0.25, -0.2) is 8.42 Å². The van der Waals surface area contributed by atoms with Gasteiger partial charge in [0.05, 0.1) is 45.0 Å². The van der Waals surface area contributed by atoms with Gasteiger partial charge in [-0.2, -0.15) is 18.3 Å². The molecule has 0 radical (unpaired) electrons. The Labute approximate surface area is 283 Å². The van der Waals surface area contributed by atoms with Crippen molar-refractivity contribution in [2.45, 2.75) is 49.3 Å². The number of fused-ring (bicyclic) bond motifs is 1. The Morgan fingerprint density at radius 3 is 2.38 bits per heavy atom. The number of piperidine rings is 1. The third-order valence-electron chi connectivity index (χ3n) is 8.76. The monoisotopic (exact) mass is 710 g/mol. The molecule has 5 amide bonds. The van der Waals surface area contributed by atoms with Gasteiger partial charge in [-0.1, -0.05) is 11.8 Å². The largest absolute Gasteiger partial charge is 0.416 e. The van der Waals surface area contributed by atoms with Crippen molar-refractivity contribution in [3.8, 4) is 11.8 Å². The van der Waals surface area contributed by atoms with Gasteiger partial charge in [0.25, 0.3) is 17.7 Å². The quantitative estimate of drug-likeness (QED) is 0.289. The van der Waals surface area contributed by atoms with E-state index in [1.807, 2.05) is 4.90 Å². The molecular weight excluding hydrogens is 681 g/mol. The van der Waals surface area contributed by atoms with Crippen molar-refractivity contribution in [2.24, 2.45) is 5.92 Å². The standard InChI is InChI=1S/C33H29F3N6O7S/c1-32(2,31(47)38-24-9-6-20(33(34,35)36)12-26(24)50(3,48)49)41-17-18(14-37-41)4-5-19-15-40(16-19)21-7-8-22-23(13-21)30(46)42(29(22)45)25-10-11-27(43)39-28(25)44/h6-9,12-14,17,19,25H,10-11,15-16H2,1-3H3,(H,38,47)(H,39,43,44). The molecule has 2 aromatic carbocycles. The number of rotatable bonds is 6. The number of hydrogen-bond donors (Lipinski definition) is 2. The fraction of sp³-hybridized carbons (Fsp3) is 0.333. The van der Waals surface area contributed by atoms with Gasteiger partial charge in [0.15, 0.2) is 9.84 Å². The Bertz CT molecular complexity index is 2160. The topological polar surface area (TPSA) is 168 Å². The van der Waals surface area contributed by atoms with E-state index in [2.05, 4.69) is 27.6 Å². The van der Waals surface area contributed by atoms with Crippen LogP contribution >= 0.6 is 0 Å². The molecule has 260 valence electrons. The van der Waals surface area contributed by atoms with E-state index in [9.17, 15) is 45.6 Å². The molecule has 13 nitrogen and oxygen atoms in total. The summed E-state index contributed by atoms with van der Waals surface area (Å²) in [4.78, 5) is 65.4. The molecular formula is C33H29F3N6O7S. The fourth-order valence-electron chi connectivity index (χ4n) is 5.80. The van der Waals surface area contributed by atoms with Gasteiger partial charge in [0.2, 0.25) is 11.8 Å². The Morgan fingerprint density at radius 1 is 1.02 bits per heavy atom. The van der Waals surface area contributed by atoms with Crippen molar-refractivity contribution in [3.05, 3.63) is 71.0 Å². The summed E-state index contributed by atoms with van der Waals surface area (Å²) in [6, 6.07) is 5.86. The second kappa shape index (κ2) is 12.1. The molecule has 0 saturated carbocycles. The number of anilines is 2. The molecule has 4 heterocycles. The first kappa shape index (κ1) is 34.4. The third kappa shape index (κ3) is 6.33. The summed E-state index contributed by atoms with van der Waals surface area (Å²) in [6.07, 6.45) is -0.983. The number of benzene rings is 2. The van der Waals surface area contributed by atoms with E-state index in [1.54, 1.807) is 18.2 Å². The Hall–Kier alpha value is -5.50. The molecule has 2 fully saturated rings. The van der Waals surface area contributed by atoms with Crippen LogP contribution in [0.1, 0.15) is 58.5 Å². The highest BCUT2D eigenvalue weighted by Gasteiger charge is 2.45. The number of imide groups is 2. The van der Waals surface area contributed by atoms with Crippen LogP contribution in [0.3, 0.4) is 0 Å². The summed E-state index contributed by atoms with van der Waals surface area (Å²) in [7, 11) is -4.13. The van der Waals surface area contributed by atoms with Crippen molar-refractivity contribution < 1.29 is 45.6 Å². The predicted octanol–water partition coefficient (Wildman–Crippen LogP) is 2.57. The minimum atomic E-state index is -4.78. The van der Waals surface area contributed by atoms with E-state index in [0.29, 0.717) is 36.5 Å². The SMILES string of the molecule is CC(C)(C(=O)Nc1ccc(C(F)(F)F)cc1S(C)(=O)=O)n1cc(C#CC2CN(c3ccc4c(c3)C(=O)N(C3CCC(=O)NC3=O)C4=O)C2)cn1. The highest BCUT2D eigenvalue weighted by molar-refractivity contribution is 7.90. The molecule has 3 aliphatic heterocycles. The molecule has 0 bridgehead atoms. The first-order valence-electron chi connectivity index (χ1n) is 15.2. The van der Waals surface area contributed by atoms with Gasteiger partial charge in [0, 0.05) is 37.7 Å². The first-order chi connectivity index (χ1) is 23.3. The van der Waals surface area contributed by atoms with Crippen molar-refractivity contribution in [2.75, 3.05) is 29.6 Å². The zero-order chi connectivity index (χ0) is 36.3. The van der Waals surface area contributed by atoms with Crippen LogP contribution in [-0.2, 0) is 35.9 Å². The number of aromatic nitrogens is 2. The van der Waals surface area contributed by atoms with Crippen LogP contribution < -0.4 is 15.5 Å². The van der Waals surface area contributed by atoms with E-state index >= 15 is 0 Å². The number of nitrogens with one attached hydrogen (secondary N) is 2. The number of carbonyl (C=O) groups is 5. The smallest absolute Gasteiger partial charge is 0.369 e. The molecule has 50 heavy (non-hydrogen) atoms. The summed E-state index contributed by atoms with van der Waals surface area (Å²) >= 11 is 0. The molecule has 1 unspecified atom stereocenters. The molecule has 17 heteroatoms. The van der Waals surface area contributed by atoms with Gasteiger partial charge in [-0.05, 0) is 56.7 Å². The van der Waals surface area contributed by atoms with E-state index in [1.165, 1.54) is 30.9 Å². The lowest BCUT2D eigenvalue weighted by Gasteiger charge is -2.38. The molecule has 0 aliphatic carbocycles. The van der Waals surface area contributed by atoms with Crippen LogP contribution in [0.4, 0.5) is 24.5 Å². The molecule has 3 aliphatic rings. The zero-order valence-electron chi connectivity index (χ0n) is 26.8. The average Bonchev–Trinajstić information content (AvgIpc) is 3.58. The van der Waals surface area contributed by atoms with E-state index in [0.717, 1.165) is 17.2 Å². The van der Waals surface area contributed by atoms with Crippen molar-refractivity contribution >= 4 is 50.7 Å². The summed E-state index contributed by atoms with van der Waals surface area (Å²) in [5, 5.41) is 8.80. The van der Waals surface area contributed by atoms with Crippen LogP contribution in [0.15, 0.2) is 53.7 Å². The number of hydrogen-bond acceptors (Lipinski definition) is 9. The van der Waals surface area contributed by atoms with Crippen LogP contribution in [0.2, 0.25) is 0 Å². The fourth-order valence-corrected chi connectivity index (χ4v) is 6.66. The molecule has 0 spiro atoms. The molecule has 1 atom stereocenters. The second-order valence-electron chi connectivity index (χ2n) is 12.7. The number of carbonyl (C=O) groups excluding carboxylic acids is 5. The van der Waals surface area contributed by atoms with Crippen molar-refractivity contribution in [3.63, 3.8) is 0 Å². The summed E-state index contributed by atoms with van der Waals surface area (Å²) in [5.74, 6) is 3.04. The van der Waals surface area contributed by atoms with Gasteiger partial charge in [-0.15, -0.1) is 0 Å². The lowest BCUT2D eigenvalue weighted by atomic mass is 9.98. The minimum Gasteiger partial charge on any atom is -0.369 e. The number of halogens is 3. The van der Waals surface area contributed by atoms with Gasteiger partial charge < -0.3 is 10.2 Å². The predicted molar refractivity (Wildman–Crippen MR) is 170 cm³/mol. The molecule has 2 N–H and O–H groups in total. The van der Waals surface area contributed by atoms with E-state index < -0.39 is 67.6 Å². The first-order valence-corrected chi connectivity index (χ1v) is 17.1. The summed E-state index contributed by atoms with van der Waals surface area (Å²) in [5.41, 5.74) is -1.33. The number of alkyl halides is 3. The Kier molecular flexibility index (Phi) is 8.33.